The lowest BCUT2D eigenvalue weighted by atomic mass is 9.91. The number of rotatable bonds is 3. The normalized spacial score (nSPS) is 22.9. The van der Waals surface area contributed by atoms with Crippen molar-refractivity contribution in [3.05, 3.63) is 28.2 Å². The molecule has 0 radical (unpaired) electrons. The predicted molar refractivity (Wildman–Crippen MR) is 78.4 cm³/mol. The highest BCUT2D eigenvalue weighted by Gasteiger charge is 2.20. The van der Waals surface area contributed by atoms with Crippen molar-refractivity contribution in [2.45, 2.75) is 37.8 Å². The highest BCUT2D eigenvalue weighted by atomic mass is 79.9. The summed E-state index contributed by atoms with van der Waals surface area (Å²) in [6.45, 7) is 0. The number of carbonyl (C=O) groups excluding carboxylic acids is 1. The molecule has 0 atom stereocenters. The van der Waals surface area contributed by atoms with E-state index in [1.54, 1.807) is 25.3 Å². The van der Waals surface area contributed by atoms with Crippen LogP contribution in [0.15, 0.2) is 22.7 Å². The van der Waals surface area contributed by atoms with Crippen LogP contribution < -0.4 is 15.8 Å². The second kappa shape index (κ2) is 6.39. The van der Waals surface area contributed by atoms with Crippen molar-refractivity contribution >= 4 is 21.8 Å². The third kappa shape index (κ3) is 3.70. The van der Waals surface area contributed by atoms with Crippen molar-refractivity contribution in [3.63, 3.8) is 0 Å². The van der Waals surface area contributed by atoms with Gasteiger partial charge in [-0.05, 0) is 59.8 Å². The predicted octanol–water partition coefficient (Wildman–Crippen LogP) is 2.46. The average Bonchev–Trinajstić information content (AvgIpc) is 2.41. The van der Waals surface area contributed by atoms with E-state index in [4.69, 9.17) is 10.5 Å². The van der Waals surface area contributed by atoms with Gasteiger partial charge in [-0.3, -0.25) is 4.79 Å². The Morgan fingerprint density at radius 3 is 2.63 bits per heavy atom. The summed E-state index contributed by atoms with van der Waals surface area (Å²) in [6.07, 6.45) is 3.89. The molecule has 19 heavy (non-hydrogen) atoms. The van der Waals surface area contributed by atoms with Gasteiger partial charge >= 0.3 is 0 Å². The Kier molecular flexibility index (Phi) is 4.82. The molecular weight excluding hydrogens is 308 g/mol. The second-order valence-corrected chi connectivity index (χ2v) is 5.79. The van der Waals surface area contributed by atoms with E-state index >= 15 is 0 Å². The van der Waals surface area contributed by atoms with Crippen LogP contribution in [0.25, 0.3) is 0 Å². The largest absolute Gasteiger partial charge is 0.496 e. The van der Waals surface area contributed by atoms with E-state index in [0.717, 1.165) is 35.9 Å². The Morgan fingerprint density at radius 2 is 2.05 bits per heavy atom. The van der Waals surface area contributed by atoms with Gasteiger partial charge in [0, 0.05) is 17.6 Å². The monoisotopic (exact) mass is 326 g/mol. The molecule has 0 aliphatic heterocycles. The van der Waals surface area contributed by atoms with Gasteiger partial charge in [0.25, 0.3) is 5.91 Å². The molecule has 1 saturated carbocycles. The smallest absolute Gasteiger partial charge is 0.251 e. The van der Waals surface area contributed by atoms with E-state index < -0.39 is 0 Å². The van der Waals surface area contributed by atoms with Gasteiger partial charge in [0.2, 0.25) is 0 Å². The maximum Gasteiger partial charge on any atom is 0.251 e. The van der Waals surface area contributed by atoms with Crippen LogP contribution in [0.2, 0.25) is 0 Å². The maximum absolute atomic E-state index is 12.1. The number of halogens is 1. The molecule has 0 saturated heterocycles. The third-order valence-corrected chi connectivity index (χ3v) is 4.14. The highest BCUT2D eigenvalue weighted by molar-refractivity contribution is 9.10. The van der Waals surface area contributed by atoms with Crippen molar-refractivity contribution < 1.29 is 9.53 Å². The Labute approximate surface area is 121 Å². The molecular formula is C14H19BrN2O2. The van der Waals surface area contributed by atoms with Gasteiger partial charge in [0.1, 0.15) is 5.75 Å². The molecule has 1 aliphatic rings. The first-order valence-corrected chi connectivity index (χ1v) is 7.29. The topological polar surface area (TPSA) is 64.3 Å². The van der Waals surface area contributed by atoms with Gasteiger partial charge in [-0.1, -0.05) is 0 Å². The number of amides is 1. The van der Waals surface area contributed by atoms with Crippen molar-refractivity contribution in [1.82, 2.24) is 5.32 Å². The van der Waals surface area contributed by atoms with Gasteiger partial charge in [0.05, 0.1) is 11.6 Å². The zero-order valence-electron chi connectivity index (χ0n) is 11.0. The lowest BCUT2D eigenvalue weighted by Gasteiger charge is -2.26. The van der Waals surface area contributed by atoms with E-state index in [1.165, 1.54) is 0 Å². The van der Waals surface area contributed by atoms with Gasteiger partial charge in [-0.15, -0.1) is 0 Å². The summed E-state index contributed by atoms with van der Waals surface area (Å²) >= 11 is 3.39. The van der Waals surface area contributed by atoms with E-state index in [2.05, 4.69) is 21.2 Å². The van der Waals surface area contributed by atoms with Crippen molar-refractivity contribution in [1.29, 1.82) is 0 Å². The fourth-order valence-electron chi connectivity index (χ4n) is 2.34. The highest BCUT2D eigenvalue weighted by Crippen LogP contribution is 2.25. The number of methoxy groups -OCH3 is 1. The zero-order chi connectivity index (χ0) is 13.8. The molecule has 0 heterocycles. The first-order valence-electron chi connectivity index (χ1n) is 6.50. The van der Waals surface area contributed by atoms with Crippen molar-refractivity contribution in [2.24, 2.45) is 5.73 Å². The van der Waals surface area contributed by atoms with Crippen LogP contribution in [0, 0.1) is 0 Å². The SMILES string of the molecule is COc1ccc(C(=O)NC2CCC(N)CC2)cc1Br. The summed E-state index contributed by atoms with van der Waals surface area (Å²) in [4.78, 5) is 12.1. The van der Waals surface area contributed by atoms with Crippen molar-refractivity contribution in [3.8, 4) is 5.75 Å². The number of ether oxygens (including phenoxy) is 1. The van der Waals surface area contributed by atoms with Crippen LogP contribution >= 0.6 is 15.9 Å². The molecule has 1 aromatic rings. The number of carbonyl (C=O) groups is 1. The zero-order valence-corrected chi connectivity index (χ0v) is 12.6. The summed E-state index contributed by atoms with van der Waals surface area (Å²) in [5.41, 5.74) is 6.50. The van der Waals surface area contributed by atoms with Crippen molar-refractivity contribution in [2.75, 3.05) is 7.11 Å². The quantitative estimate of drug-likeness (QED) is 0.896. The van der Waals surface area contributed by atoms with E-state index in [-0.39, 0.29) is 11.9 Å². The van der Waals surface area contributed by atoms with Crippen LogP contribution in [0.3, 0.4) is 0 Å². The molecule has 0 aromatic heterocycles. The first kappa shape index (κ1) is 14.3. The molecule has 1 fully saturated rings. The lowest BCUT2D eigenvalue weighted by molar-refractivity contribution is 0.0926. The summed E-state index contributed by atoms with van der Waals surface area (Å²) in [5, 5.41) is 3.06. The second-order valence-electron chi connectivity index (χ2n) is 4.93. The van der Waals surface area contributed by atoms with Crippen LogP contribution in [-0.2, 0) is 0 Å². The lowest BCUT2D eigenvalue weighted by Crippen LogP contribution is -2.40. The molecule has 1 aromatic carbocycles. The minimum atomic E-state index is -0.0381. The van der Waals surface area contributed by atoms with Crippen LogP contribution in [-0.4, -0.2) is 25.1 Å². The minimum Gasteiger partial charge on any atom is -0.496 e. The number of benzene rings is 1. The molecule has 2 rings (SSSR count). The third-order valence-electron chi connectivity index (χ3n) is 3.52. The number of nitrogens with one attached hydrogen (secondary N) is 1. The van der Waals surface area contributed by atoms with E-state index in [0.29, 0.717) is 11.6 Å². The number of nitrogens with two attached hydrogens (primary N) is 1. The molecule has 0 unspecified atom stereocenters. The summed E-state index contributed by atoms with van der Waals surface area (Å²) in [5.74, 6) is 0.684. The molecule has 0 bridgehead atoms. The molecule has 5 heteroatoms. The Hall–Kier alpha value is -1.07. The van der Waals surface area contributed by atoms with E-state index in [1.807, 2.05) is 0 Å². The van der Waals surface area contributed by atoms with Crippen LogP contribution in [0.1, 0.15) is 36.0 Å². The number of hydrogen-bond donors (Lipinski definition) is 2. The number of hydrogen-bond acceptors (Lipinski definition) is 3. The van der Waals surface area contributed by atoms with Gasteiger partial charge in [-0.2, -0.15) is 0 Å². The maximum atomic E-state index is 12.1. The van der Waals surface area contributed by atoms with Crippen LogP contribution in [0.5, 0.6) is 5.75 Å². The Bertz CT molecular complexity index is 457. The molecule has 1 amide bonds. The fraction of sp³-hybridized carbons (Fsp3) is 0.500. The summed E-state index contributed by atoms with van der Waals surface area (Å²) in [7, 11) is 1.60. The molecule has 4 nitrogen and oxygen atoms in total. The standard InChI is InChI=1S/C14H19BrN2O2/c1-19-13-7-2-9(8-12(13)15)14(18)17-11-5-3-10(16)4-6-11/h2,7-8,10-11H,3-6,16H2,1H3,(H,17,18). The Morgan fingerprint density at radius 1 is 1.37 bits per heavy atom. The van der Waals surface area contributed by atoms with Gasteiger partial charge < -0.3 is 15.8 Å². The summed E-state index contributed by atoms with van der Waals surface area (Å²) < 4.78 is 5.93. The van der Waals surface area contributed by atoms with Gasteiger partial charge in [-0.25, -0.2) is 0 Å². The van der Waals surface area contributed by atoms with E-state index in [9.17, 15) is 4.79 Å². The molecule has 0 spiro atoms. The molecule has 104 valence electrons. The average molecular weight is 327 g/mol. The van der Waals surface area contributed by atoms with Gasteiger partial charge in [0.15, 0.2) is 0 Å². The molecule has 3 N–H and O–H groups in total. The van der Waals surface area contributed by atoms with Crippen LogP contribution in [0.4, 0.5) is 0 Å². The molecule has 1 aliphatic carbocycles. The first-order chi connectivity index (χ1) is 9.10. The minimum absolute atomic E-state index is 0.0381. The Balaban J connectivity index is 1.98. The summed E-state index contributed by atoms with van der Waals surface area (Å²) in [6, 6.07) is 5.88. The fourth-order valence-corrected chi connectivity index (χ4v) is 2.88.